The lowest BCUT2D eigenvalue weighted by Gasteiger charge is -2.31. The molecular formula is C15H23FN2. The molecular weight excluding hydrogens is 227 g/mol. The van der Waals surface area contributed by atoms with Gasteiger partial charge in [-0.25, -0.2) is 4.39 Å². The second-order valence-corrected chi connectivity index (χ2v) is 5.30. The van der Waals surface area contributed by atoms with E-state index in [1.165, 1.54) is 38.2 Å². The molecule has 0 amide bonds. The SMILES string of the molecule is CCC(Nc1ccc(N)cc1F)C1CCCCC1. The van der Waals surface area contributed by atoms with Crippen molar-refractivity contribution in [1.29, 1.82) is 0 Å². The van der Waals surface area contributed by atoms with Crippen molar-refractivity contribution >= 4 is 11.4 Å². The van der Waals surface area contributed by atoms with Gasteiger partial charge < -0.3 is 11.1 Å². The predicted molar refractivity (Wildman–Crippen MR) is 75.1 cm³/mol. The molecule has 1 unspecified atom stereocenters. The van der Waals surface area contributed by atoms with Gasteiger partial charge in [-0.15, -0.1) is 0 Å². The Bertz CT molecular complexity index is 386. The summed E-state index contributed by atoms with van der Waals surface area (Å²) in [7, 11) is 0. The highest BCUT2D eigenvalue weighted by atomic mass is 19.1. The normalized spacial score (nSPS) is 18.6. The number of nitrogens with two attached hydrogens (primary N) is 1. The third-order valence-corrected chi connectivity index (χ3v) is 3.99. The van der Waals surface area contributed by atoms with Crippen molar-refractivity contribution in [3.05, 3.63) is 24.0 Å². The zero-order valence-electron chi connectivity index (χ0n) is 11.1. The molecule has 0 heterocycles. The minimum Gasteiger partial charge on any atom is -0.399 e. The Balaban J connectivity index is 2.04. The Morgan fingerprint density at radius 1 is 1.33 bits per heavy atom. The van der Waals surface area contributed by atoms with E-state index < -0.39 is 0 Å². The van der Waals surface area contributed by atoms with Crippen molar-refractivity contribution < 1.29 is 4.39 Å². The number of hydrogen-bond acceptors (Lipinski definition) is 2. The van der Waals surface area contributed by atoms with Crippen molar-refractivity contribution in [3.8, 4) is 0 Å². The van der Waals surface area contributed by atoms with E-state index in [2.05, 4.69) is 12.2 Å². The van der Waals surface area contributed by atoms with E-state index in [-0.39, 0.29) is 5.82 Å². The van der Waals surface area contributed by atoms with E-state index in [1.807, 2.05) is 0 Å². The molecule has 0 spiro atoms. The highest BCUT2D eigenvalue weighted by Gasteiger charge is 2.22. The van der Waals surface area contributed by atoms with Gasteiger partial charge in [0.05, 0.1) is 5.69 Å². The number of anilines is 2. The zero-order chi connectivity index (χ0) is 13.0. The molecule has 0 saturated heterocycles. The minimum atomic E-state index is -0.246. The van der Waals surface area contributed by atoms with E-state index in [9.17, 15) is 4.39 Å². The Morgan fingerprint density at radius 3 is 2.67 bits per heavy atom. The summed E-state index contributed by atoms with van der Waals surface area (Å²) >= 11 is 0. The molecule has 1 aliphatic rings. The second kappa shape index (κ2) is 6.07. The summed E-state index contributed by atoms with van der Waals surface area (Å²) in [6.45, 7) is 2.17. The van der Waals surface area contributed by atoms with E-state index in [1.54, 1.807) is 12.1 Å². The van der Waals surface area contributed by atoms with Crippen LogP contribution < -0.4 is 11.1 Å². The van der Waals surface area contributed by atoms with Crippen LogP contribution in [-0.4, -0.2) is 6.04 Å². The fraction of sp³-hybridized carbons (Fsp3) is 0.600. The molecule has 1 atom stereocenters. The first-order valence-electron chi connectivity index (χ1n) is 7.02. The van der Waals surface area contributed by atoms with Crippen molar-refractivity contribution in [3.63, 3.8) is 0 Å². The molecule has 0 aliphatic heterocycles. The molecule has 2 nitrogen and oxygen atoms in total. The molecule has 3 heteroatoms. The number of halogens is 1. The van der Waals surface area contributed by atoms with Gasteiger partial charge in [0.15, 0.2) is 0 Å². The molecule has 18 heavy (non-hydrogen) atoms. The fourth-order valence-electron chi connectivity index (χ4n) is 2.94. The fourth-order valence-corrected chi connectivity index (χ4v) is 2.94. The Morgan fingerprint density at radius 2 is 2.06 bits per heavy atom. The first kappa shape index (κ1) is 13.2. The lowest BCUT2D eigenvalue weighted by Crippen LogP contribution is -2.30. The van der Waals surface area contributed by atoms with E-state index in [0.717, 1.165) is 6.42 Å². The van der Waals surface area contributed by atoms with Gasteiger partial charge in [0.1, 0.15) is 5.82 Å². The van der Waals surface area contributed by atoms with Crippen molar-refractivity contribution in [1.82, 2.24) is 0 Å². The van der Waals surface area contributed by atoms with Crippen LogP contribution in [0.5, 0.6) is 0 Å². The van der Waals surface area contributed by atoms with Crippen LogP contribution in [0.25, 0.3) is 0 Å². The van der Waals surface area contributed by atoms with Gasteiger partial charge in [-0.3, -0.25) is 0 Å². The van der Waals surface area contributed by atoms with Crippen LogP contribution in [0.15, 0.2) is 18.2 Å². The minimum absolute atomic E-state index is 0.246. The van der Waals surface area contributed by atoms with Gasteiger partial charge in [-0.2, -0.15) is 0 Å². The highest BCUT2D eigenvalue weighted by Crippen LogP contribution is 2.30. The number of rotatable bonds is 4. The molecule has 100 valence electrons. The van der Waals surface area contributed by atoms with Crippen LogP contribution in [0, 0.1) is 11.7 Å². The number of benzene rings is 1. The first-order valence-corrected chi connectivity index (χ1v) is 7.02. The van der Waals surface area contributed by atoms with E-state index >= 15 is 0 Å². The first-order chi connectivity index (χ1) is 8.70. The Labute approximate surface area is 109 Å². The maximum atomic E-state index is 13.8. The summed E-state index contributed by atoms with van der Waals surface area (Å²) in [5, 5.41) is 3.36. The standard InChI is InChI=1S/C15H23FN2/c1-2-14(11-6-4-3-5-7-11)18-15-9-8-12(17)10-13(15)16/h8-11,14,18H,2-7,17H2,1H3. The second-order valence-electron chi connectivity index (χ2n) is 5.30. The van der Waals surface area contributed by atoms with E-state index in [0.29, 0.717) is 23.3 Å². The largest absolute Gasteiger partial charge is 0.399 e. The lowest BCUT2D eigenvalue weighted by molar-refractivity contribution is 0.312. The zero-order valence-corrected chi connectivity index (χ0v) is 11.1. The topological polar surface area (TPSA) is 38.0 Å². The molecule has 1 aromatic carbocycles. The Kier molecular flexibility index (Phi) is 4.45. The summed E-state index contributed by atoms with van der Waals surface area (Å²) in [6.07, 6.45) is 7.54. The van der Waals surface area contributed by atoms with Crippen LogP contribution >= 0.6 is 0 Å². The molecule has 1 fully saturated rings. The van der Waals surface area contributed by atoms with Gasteiger partial charge in [0.2, 0.25) is 0 Å². The maximum Gasteiger partial charge on any atom is 0.148 e. The van der Waals surface area contributed by atoms with Gasteiger partial charge >= 0.3 is 0 Å². The number of hydrogen-bond donors (Lipinski definition) is 2. The molecule has 1 aliphatic carbocycles. The highest BCUT2D eigenvalue weighted by molar-refractivity contribution is 5.53. The van der Waals surface area contributed by atoms with Gasteiger partial charge in [-0.1, -0.05) is 26.2 Å². The number of nitrogens with one attached hydrogen (secondary N) is 1. The summed E-state index contributed by atoms with van der Waals surface area (Å²) in [5.74, 6) is 0.435. The molecule has 3 N–H and O–H groups in total. The maximum absolute atomic E-state index is 13.8. The summed E-state index contributed by atoms with van der Waals surface area (Å²) in [6, 6.07) is 5.26. The van der Waals surface area contributed by atoms with E-state index in [4.69, 9.17) is 5.73 Å². The van der Waals surface area contributed by atoms with Crippen molar-refractivity contribution in [2.24, 2.45) is 5.92 Å². The number of nitrogen functional groups attached to an aromatic ring is 1. The third kappa shape index (κ3) is 3.15. The van der Waals surface area contributed by atoms with Gasteiger partial charge in [0.25, 0.3) is 0 Å². The quantitative estimate of drug-likeness (QED) is 0.787. The predicted octanol–water partition coefficient (Wildman–Crippen LogP) is 4.18. The van der Waals surface area contributed by atoms with Crippen LogP contribution in [0.4, 0.5) is 15.8 Å². The average molecular weight is 250 g/mol. The molecule has 0 aromatic heterocycles. The smallest absolute Gasteiger partial charge is 0.148 e. The summed E-state index contributed by atoms with van der Waals surface area (Å²) in [4.78, 5) is 0. The van der Waals surface area contributed by atoms with Crippen LogP contribution in [-0.2, 0) is 0 Å². The molecule has 1 saturated carbocycles. The molecule has 0 radical (unpaired) electrons. The van der Waals surface area contributed by atoms with Gasteiger partial charge in [0, 0.05) is 11.7 Å². The molecule has 2 rings (SSSR count). The molecule has 1 aromatic rings. The van der Waals surface area contributed by atoms with Crippen LogP contribution in [0.3, 0.4) is 0 Å². The van der Waals surface area contributed by atoms with Crippen molar-refractivity contribution in [2.75, 3.05) is 11.1 Å². The van der Waals surface area contributed by atoms with Crippen LogP contribution in [0.2, 0.25) is 0 Å². The summed E-state index contributed by atoms with van der Waals surface area (Å²) in [5.41, 5.74) is 6.63. The summed E-state index contributed by atoms with van der Waals surface area (Å²) < 4.78 is 13.8. The molecule has 0 bridgehead atoms. The van der Waals surface area contributed by atoms with Crippen LogP contribution in [0.1, 0.15) is 45.4 Å². The van der Waals surface area contributed by atoms with Crippen molar-refractivity contribution in [2.45, 2.75) is 51.5 Å². The lowest BCUT2D eigenvalue weighted by atomic mass is 9.83. The van der Waals surface area contributed by atoms with Gasteiger partial charge in [-0.05, 0) is 43.4 Å². The third-order valence-electron chi connectivity index (χ3n) is 3.99. The Hall–Kier alpha value is -1.25. The average Bonchev–Trinajstić information content (AvgIpc) is 2.39. The monoisotopic (exact) mass is 250 g/mol.